The van der Waals surface area contributed by atoms with Crippen molar-refractivity contribution in [1.82, 2.24) is 5.32 Å². The Morgan fingerprint density at radius 3 is 2.78 bits per heavy atom. The lowest BCUT2D eigenvalue weighted by molar-refractivity contribution is 0.231. The van der Waals surface area contributed by atoms with Crippen molar-refractivity contribution in [3.8, 4) is 0 Å². The molecule has 1 aromatic carbocycles. The standard InChI is InChI=1S/C16H21NO/c1-11(2)16(7-4-8-17-16)15-10-13-9-12(3)5-6-14(13)18-15/h5-6,9-11,17H,4,7-8H2,1-3H3. The van der Waals surface area contributed by atoms with Crippen molar-refractivity contribution in [2.45, 2.75) is 39.2 Å². The Morgan fingerprint density at radius 1 is 1.28 bits per heavy atom. The Bertz CT molecular complexity index is 561. The molecule has 0 amide bonds. The summed E-state index contributed by atoms with van der Waals surface area (Å²) in [7, 11) is 0. The van der Waals surface area contributed by atoms with Gasteiger partial charge in [-0.05, 0) is 50.4 Å². The lowest BCUT2D eigenvalue weighted by Crippen LogP contribution is -2.41. The van der Waals surface area contributed by atoms with Crippen molar-refractivity contribution in [3.05, 3.63) is 35.6 Å². The lowest BCUT2D eigenvalue weighted by atomic mass is 9.82. The van der Waals surface area contributed by atoms with Gasteiger partial charge in [-0.3, -0.25) is 0 Å². The molecule has 0 radical (unpaired) electrons. The van der Waals surface area contributed by atoms with E-state index in [2.05, 4.69) is 50.4 Å². The predicted octanol–water partition coefficient (Wildman–Crippen LogP) is 3.98. The molecule has 2 aromatic rings. The zero-order valence-corrected chi connectivity index (χ0v) is 11.4. The second-order valence-corrected chi connectivity index (χ2v) is 5.81. The monoisotopic (exact) mass is 243 g/mol. The maximum Gasteiger partial charge on any atom is 0.134 e. The first kappa shape index (κ1) is 11.8. The summed E-state index contributed by atoms with van der Waals surface area (Å²) in [5, 5.41) is 4.89. The van der Waals surface area contributed by atoms with Crippen LogP contribution in [0.25, 0.3) is 11.0 Å². The first-order chi connectivity index (χ1) is 8.62. The van der Waals surface area contributed by atoms with E-state index in [0.717, 1.165) is 17.9 Å². The Morgan fingerprint density at radius 2 is 2.11 bits per heavy atom. The Kier molecular flexibility index (Phi) is 2.70. The number of benzene rings is 1. The topological polar surface area (TPSA) is 25.2 Å². The van der Waals surface area contributed by atoms with E-state index in [1.807, 2.05) is 0 Å². The quantitative estimate of drug-likeness (QED) is 0.863. The molecular weight excluding hydrogens is 222 g/mol. The Hall–Kier alpha value is -1.28. The normalized spacial score (nSPS) is 24.2. The maximum atomic E-state index is 6.11. The van der Waals surface area contributed by atoms with E-state index in [-0.39, 0.29) is 5.54 Å². The third-order valence-corrected chi connectivity index (χ3v) is 4.29. The Labute approximate surface area is 108 Å². The smallest absolute Gasteiger partial charge is 0.134 e. The zero-order valence-electron chi connectivity index (χ0n) is 11.4. The minimum Gasteiger partial charge on any atom is -0.459 e. The highest BCUT2D eigenvalue weighted by molar-refractivity contribution is 5.79. The first-order valence-corrected chi connectivity index (χ1v) is 6.87. The first-order valence-electron chi connectivity index (χ1n) is 6.87. The SMILES string of the molecule is Cc1ccc2oc(C3(C(C)C)CCCN3)cc2c1. The molecule has 1 N–H and O–H groups in total. The summed E-state index contributed by atoms with van der Waals surface area (Å²) in [6.07, 6.45) is 2.40. The number of hydrogen-bond donors (Lipinski definition) is 1. The highest BCUT2D eigenvalue weighted by Crippen LogP contribution is 2.40. The van der Waals surface area contributed by atoms with Gasteiger partial charge in [0.25, 0.3) is 0 Å². The molecule has 3 rings (SSSR count). The van der Waals surface area contributed by atoms with Gasteiger partial charge in [0.05, 0.1) is 5.54 Å². The number of furan rings is 1. The molecule has 0 spiro atoms. The van der Waals surface area contributed by atoms with E-state index >= 15 is 0 Å². The molecule has 18 heavy (non-hydrogen) atoms. The second kappa shape index (κ2) is 4.13. The Balaban J connectivity index is 2.12. The van der Waals surface area contributed by atoms with Crippen LogP contribution in [0.3, 0.4) is 0 Å². The number of rotatable bonds is 2. The number of aryl methyl sites for hydroxylation is 1. The summed E-state index contributed by atoms with van der Waals surface area (Å²) in [4.78, 5) is 0. The molecule has 0 aliphatic carbocycles. The van der Waals surface area contributed by atoms with Crippen LogP contribution in [0.5, 0.6) is 0 Å². The van der Waals surface area contributed by atoms with Gasteiger partial charge in [0.2, 0.25) is 0 Å². The van der Waals surface area contributed by atoms with Crippen LogP contribution in [0.4, 0.5) is 0 Å². The molecule has 1 saturated heterocycles. The largest absolute Gasteiger partial charge is 0.459 e. The van der Waals surface area contributed by atoms with Crippen LogP contribution in [0.15, 0.2) is 28.7 Å². The van der Waals surface area contributed by atoms with Crippen molar-refractivity contribution < 1.29 is 4.42 Å². The van der Waals surface area contributed by atoms with Gasteiger partial charge in [0.1, 0.15) is 11.3 Å². The van der Waals surface area contributed by atoms with Crippen molar-refractivity contribution >= 4 is 11.0 Å². The average Bonchev–Trinajstić information content (AvgIpc) is 2.94. The predicted molar refractivity (Wildman–Crippen MR) is 74.7 cm³/mol. The van der Waals surface area contributed by atoms with E-state index in [4.69, 9.17) is 4.42 Å². The van der Waals surface area contributed by atoms with Gasteiger partial charge in [0.15, 0.2) is 0 Å². The third-order valence-electron chi connectivity index (χ3n) is 4.29. The summed E-state index contributed by atoms with van der Waals surface area (Å²) >= 11 is 0. The highest BCUT2D eigenvalue weighted by Gasteiger charge is 2.41. The van der Waals surface area contributed by atoms with Gasteiger partial charge >= 0.3 is 0 Å². The number of nitrogens with one attached hydrogen (secondary N) is 1. The van der Waals surface area contributed by atoms with Gasteiger partial charge in [-0.25, -0.2) is 0 Å². The van der Waals surface area contributed by atoms with Crippen LogP contribution >= 0.6 is 0 Å². The van der Waals surface area contributed by atoms with Crippen molar-refractivity contribution in [3.63, 3.8) is 0 Å². The zero-order chi connectivity index (χ0) is 12.8. The van der Waals surface area contributed by atoms with Crippen LogP contribution in [-0.4, -0.2) is 6.54 Å². The van der Waals surface area contributed by atoms with Crippen molar-refractivity contribution in [1.29, 1.82) is 0 Å². The third kappa shape index (κ3) is 1.67. The summed E-state index contributed by atoms with van der Waals surface area (Å²) in [5.74, 6) is 1.65. The van der Waals surface area contributed by atoms with Gasteiger partial charge in [-0.1, -0.05) is 25.5 Å². The minimum atomic E-state index is 0.0346. The molecule has 1 aliphatic rings. The fourth-order valence-electron chi connectivity index (χ4n) is 3.14. The average molecular weight is 243 g/mol. The van der Waals surface area contributed by atoms with Crippen LogP contribution in [0.2, 0.25) is 0 Å². The summed E-state index contributed by atoms with van der Waals surface area (Å²) < 4.78 is 6.11. The highest BCUT2D eigenvalue weighted by atomic mass is 16.3. The van der Waals surface area contributed by atoms with Gasteiger partial charge in [-0.15, -0.1) is 0 Å². The van der Waals surface area contributed by atoms with Crippen molar-refractivity contribution in [2.24, 2.45) is 5.92 Å². The van der Waals surface area contributed by atoms with E-state index in [1.165, 1.54) is 23.8 Å². The molecule has 0 saturated carbocycles. The van der Waals surface area contributed by atoms with E-state index in [1.54, 1.807) is 0 Å². The van der Waals surface area contributed by atoms with E-state index in [0.29, 0.717) is 5.92 Å². The van der Waals surface area contributed by atoms with Crippen LogP contribution in [0.1, 0.15) is 38.0 Å². The number of hydrogen-bond acceptors (Lipinski definition) is 2. The molecule has 1 unspecified atom stereocenters. The van der Waals surface area contributed by atoms with E-state index in [9.17, 15) is 0 Å². The van der Waals surface area contributed by atoms with E-state index < -0.39 is 0 Å². The molecule has 1 fully saturated rings. The minimum absolute atomic E-state index is 0.0346. The van der Waals surface area contributed by atoms with Crippen LogP contribution in [0, 0.1) is 12.8 Å². The van der Waals surface area contributed by atoms with Crippen LogP contribution < -0.4 is 5.32 Å². The molecule has 0 bridgehead atoms. The maximum absolute atomic E-state index is 6.11. The van der Waals surface area contributed by atoms with Crippen molar-refractivity contribution in [2.75, 3.05) is 6.54 Å². The van der Waals surface area contributed by atoms with Gasteiger partial charge in [0, 0.05) is 5.39 Å². The fourth-order valence-corrected chi connectivity index (χ4v) is 3.14. The second-order valence-electron chi connectivity index (χ2n) is 5.81. The lowest BCUT2D eigenvalue weighted by Gasteiger charge is -2.31. The molecule has 2 nitrogen and oxygen atoms in total. The molecule has 1 aliphatic heterocycles. The molecule has 2 heterocycles. The summed E-state index contributed by atoms with van der Waals surface area (Å²) in [6.45, 7) is 7.76. The number of fused-ring (bicyclic) bond motifs is 1. The molecule has 1 aromatic heterocycles. The van der Waals surface area contributed by atoms with Crippen LogP contribution in [-0.2, 0) is 5.54 Å². The summed E-state index contributed by atoms with van der Waals surface area (Å²) in [6, 6.07) is 8.61. The summed E-state index contributed by atoms with van der Waals surface area (Å²) in [5.41, 5.74) is 2.32. The van der Waals surface area contributed by atoms with Gasteiger partial charge < -0.3 is 9.73 Å². The molecular formula is C16H21NO. The molecule has 96 valence electrons. The molecule has 1 atom stereocenters. The molecule has 2 heteroatoms. The fraction of sp³-hybridized carbons (Fsp3) is 0.500. The van der Waals surface area contributed by atoms with Gasteiger partial charge in [-0.2, -0.15) is 0 Å².